The van der Waals surface area contributed by atoms with Crippen LogP contribution in [0.2, 0.25) is 5.02 Å². The maximum absolute atomic E-state index is 16.5. The molecule has 0 saturated carbocycles. The predicted molar refractivity (Wildman–Crippen MR) is 154 cm³/mol. The molecule has 2 aromatic carbocycles. The maximum atomic E-state index is 16.5. The molecule has 2 aromatic heterocycles. The lowest BCUT2D eigenvalue weighted by molar-refractivity contribution is 0.107. The van der Waals surface area contributed by atoms with Gasteiger partial charge in [0.25, 0.3) is 0 Å². The Morgan fingerprint density at radius 3 is 2.80 bits per heavy atom. The Balaban J connectivity index is 1.35. The molecule has 1 unspecified atom stereocenters. The molecule has 3 aliphatic rings. The average Bonchev–Trinajstić information content (AvgIpc) is 3.65. The summed E-state index contributed by atoms with van der Waals surface area (Å²) in [6.45, 7) is 2.04. The van der Waals surface area contributed by atoms with Gasteiger partial charge in [0.15, 0.2) is 5.82 Å². The Morgan fingerprint density at radius 2 is 2.00 bits per heavy atom. The summed E-state index contributed by atoms with van der Waals surface area (Å²) in [7, 11) is 1.73. The Kier molecular flexibility index (Phi) is 6.67. The largest absolute Gasteiger partial charge is 0.461 e. The fourth-order valence-corrected chi connectivity index (χ4v) is 7.14. The highest BCUT2D eigenvalue weighted by Gasteiger charge is 2.49. The summed E-state index contributed by atoms with van der Waals surface area (Å²) in [5.74, 6) is -0.325. The quantitative estimate of drug-likeness (QED) is 0.329. The monoisotopic (exact) mass is 582 g/mol. The van der Waals surface area contributed by atoms with E-state index >= 15 is 4.39 Å². The highest BCUT2D eigenvalue weighted by molar-refractivity contribution is 6.36. The van der Waals surface area contributed by atoms with Gasteiger partial charge in [-0.25, -0.2) is 13.2 Å². The van der Waals surface area contributed by atoms with Crippen molar-refractivity contribution < 1.29 is 17.9 Å². The van der Waals surface area contributed by atoms with Crippen LogP contribution in [-0.2, 0) is 0 Å². The van der Waals surface area contributed by atoms with Gasteiger partial charge in [-0.2, -0.15) is 9.97 Å². The number of pyridine rings is 1. The molecule has 41 heavy (non-hydrogen) atoms. The molecule has 5 heterocycles. The van der Waals surface area contributed by atoms with Crippen LogP contribution in [0.4, 0.5) is 19.0 Å². The molecule has 7 rings (SSSR count). The molecule has 11 heteroatoms. The number of ether oxygens (including phenoxy) is 1. The molecule has 1 N–H and O–H groups in total. The van der Waals surface area contributed by atoms with Gasteiger partial charge in [-0.15, -0.1) is 0 Å². The SMILES string of the molecule is CN(c1nc(OC[C@@]23CCCN2C[C@H](F)C3)nc2c(F)c(-c3cccc4cccc(Cl)c34)ncc12)C1CNC[C@H]1F. The van der Waals surface area contributed by atoms with Crippen LogP contribution in [0.1, 0.15) is 19.3 Å². The van der Waals surface area contributed by atoms with E-state index in [2.05, 4.69) is 25.2 Å². The molecule has 3 fully saturated rings. The molecule has 4 aromatic rings. The Bertz CT molecular complexity index is 1640. The number of nitrogens with one attached hydrogen (secondary N) is 1. The minimum atomic E-state index is -1.13. The van der Waals surface area contributed by atoms with Crippen molar-refractivity contribution in [1.82, 2.24) is 25.2 Å². The number of halogens is 4. The number of alkyl halides is 2. The fraction of sp³-hybridized carbons (Fsp3) is 0.433. The van der Waals surface area contributed by atoms with Crippen LogP contribution in [-0.4, -0.2) is 83.6 Å². The summed E-state index contributed by atoms with van der Waals surface area (Å²) in [6.07, 6.45) is 1.65. The third-order valence-corrected chi connectivity index (χ3v) is 9.24. The van der Waals surface area contributed by atoms with Crippen LogP contribution in [0.15, 0.2) is 42.6 Å². The van der Waals surface area contributed by atoms with E-state index in [9.17, 15) is 8.78 Å². The second-order valence-electron chi connectivity index (χ2n) is 11.4. The number of benzene rings is 2. The zero-order chi connectivity index (χ0) is 28.3. The molecule has 7 nitrogen and oxygen atoms in total. The first kappa shape index (κ1) is 26.7. The molecular weight excluding hydrogens is 553 g/mol. The summed E-state index contributed by atoms with van der Waals surface area (Å²) >= 11 is 6.54. The molecule has 4 atom stereocenters. The maximum Gasteiger partial charge on any atom is 0.319 e. The van der Waals surface area contributed by atoms with Crippen LogP contribution < -0.4 is 15.0 Å². The van der Waals surface area contributed by atoms with Crippen molar-refractivity contribution in [3.8, 4) is 17.3 Å². The molecule has 3 saturated heterocycles. The zero-order valence-electron chi connectivity index (χ0n) is 22.6. The van der Waals surface area contributed by atoms with Gasteiger partial charge in [0.05, 0.1) is 17.0 Å². The average molecular weight is 583 g/mol. The van der Waals surface area contributed by atoms with Crippen molar-refractivity contribution in [3.63, 3.8) is 0 Å². The summed E-state index contributed by atoms with van der Waals surface area (Å²) < 4.78 is 51.8. The minimum absolute atomic E-state index is 0.0165. The molecule has 3 aliphatic heterocycles. The molecule has 0 aliphatic carbocycles. The number of hydrogen-bond acceptors (Lipinski definition) is 7. The predicted octanol–water partition coefficient (Wildman–Crippen LogP) is 5.34. The van der Waals surface area contributed by atoms with Gasteiger partial charge in [0.1, 0.15) is 36.0 Å². The van der Waals surface area contributed by atoms with Crippen molar-refractivity contribution in [1.29, 1.82) is 0 Å². The first-order valence-electron chi connectivity index (χ1n) is 14.0. The van der Waals surface area contributed by atoms with Crippen molar-refractivity contribution >= 4 is 39.1 Å². The Labute approximate surface area is 240 Å². The topological polar surface area (TPSA) is 66.4 Å². The first-order chi connectivity index (χ1) is 19.8. The van der Waals surface area contributed by atoms with Crippen LogP contribution in [0, 0.1) is 5.82 Å². The molecule has 214 valence electrons. The summed E-state index contributed by atoms with van der Waals surface area (Å²) in [5, 5.41) is 5.42. The number of likely N-dealkylation sites (N-methyl/N-ethyl adjacent to an activating group) is 1. The van der Waals surface area contributed by atoms with Gasteiger partial charge in [0.2, 0.25) is 0 Å². The molecule has 0 spiro atoms. The highest BCUT2D eigenvalue weighted by Crippen LogP contribution is 2.41. The van der Waals surface area contributed by atoms with Gasteiger partial charge in [-0.3, -0.25) is 9.88 Å². The van der Waals surface area contributed by atoms with E-state index in [-0.39, 0.29) is 30.4 Å². The van der Waals surface area contributed by atoms with E-state index in [0.717, 1.165) is 24.8 Å². The third-order valence-electron chi connectivity index (χ3n) is 8.93. The molecule has 0 amide bonds. The van der Waals surface area contributed by atoms with Gasteiger partial charge in [-0.1, -0.05) is 41.9 Å². The zero-order valence-corrected chi connectivity index (χ0v) is 23.3. The van der Waals surface area contributed by atoms with Crippen LogP contribution >= 0.6 is 11.6 Å². The molecule has 0 radical (unpaired) electrons. The second-order valence-corrected chi connectivity index (χ2v) is 11.8. The van der Waals surface area contributed by atoms with Gasteiger partial charge >= 0.3 is 6.01 Å². The van der Waals surface area contributed by atoms with Crippen molar-refractivity contribution in [2.45, 2.75) is 43.2 Å². The number of nitrogens with zero attached hydrogens (tertiary/aromatic N) is 5. The minimum Gasteiger partial charge on any atom is -0.461 e. The van der Waals surface area contributed by atoms with Gasteiger partial charge < -0.3 is 15.0 Å². The smallest absolute Gasteiger partial charge is 0.319 e. The number of aromatic nitrogens is 3. The van der Waals surface area contributed by atoms with E-state index in [1.54, 1.807) is 24.1 Å². The van der Waals surface area contributed by atoms with E-state index in [1.807, 2.05) is 24.3 Å². The normalized spacial score (nSPS) is 26.2. The van der Waals surface area contributed by atoms with E-state index < -0.39 is 29.7 Å². The molecular formula is C30H30ClF3N6O. The standard InChI is InChI=1S/C30H30ClF3N6O/c1-39(23-14-35-13-22(23)33)28-20-12-36-26(19-7-2-5-17-6-3-8-21(31)24(17)19)25(34)27(20)37-29(38-28)41-16-30-9-4-10-40(30)15-18(32)11-30/h2-3,5-8,12,18,22-23,35H,4,9-11,13-16H2,1H3/t18-,22-,23?,30+/m1/s1. The highest BCUT2D eigenvalue weighted by atomic mass is 35.5. The van der Waals surface area contributed by atoms with E-state index in [1.165, 1.54) is 6.20 Å². The van der Waals surface area contributed by atoms with Crippen LogP contribution in [0.3, 0.4) is 0 Å². The number of anilines is 1. The Hall–Kier alpha value is -3.21. The second kappa shape index (κ2) is 10.3. The van der Waals surface area contributed by atoms with Crippen molar-refractivity contribution in [2.24, 2.45) is 0 Å². The van der Waals surface area contributed by atoms with Crippen LogP contribution in [0.25, 0.3) is 32.9 Å². The van der Waals surface area contributed by atoms with E-state index in [0.29, 0.717) is 46.7 Å². The first-order valence-corrected chi connectivity index (χ1v) is 14.4. The van der Waals surface area contributed by atoms with Crippen LogP contribution in [0.5, 0.6) is 6.01 Å². The van der Waals surface area contributed by atoms with Crippen molar-refractivity contribution in [2.75, 3.05) is 44.7 Å². The van der Waals surface area contributed by atoms with E-state index in [4.69, 9.17) is 16.3 Å². The Morgan fingerprint density at radius 1 is 1.17 bits per heavy atom. The lowest BCUT2D eigenvalue weighted by Gasteiger charge is -2.31. The van der Waals surface area contributed by atoms with Crippen molar-refractivity contribution in [3.05, 3.63) is 53.4 Å². The summed E-state index contributed by atoms with van der Waals surface area (Å²) in [4.78, 5) is 17.5. The van der Waals surface area contributed by atoms with Gasteiger partial charge in [0, 0.05) is 55.3 Å². The lowest BCUT2D eigenvalue weighted by Crippen LogP contribution is -2.43. The number of fused-ring (bicyclic) bond motifs is 3. The lowest BCUT2D eigenvalue weighted by atomic mass is 9.95. The number of hydrogen-bond donors (Lipinski definition) is 1. The van der Waals surface area contributed by atoms with Gasteiger partial charge in [-0.05, 0) is 30.8 Å². The number of rotatable bonds is 6. The fourth-order valence-electron chi connectivity index (χ4n) is 6.85. The summed E-state index contributed by atoms with van der Waals surface area (Å²) in [6, 6.07) is 10.5. The molecule has 0 bridgehead atoms. The third kappa shape index (κ3) is 4.47. The summed E-state index contributed by atoms with van der Waals surface area (Å²) in [5.41, 5.74) is 0.220.